The van der Waals surface area contributed by atoms with Crippen LogP contribution in [0.3, 0.4) is 0 Å². The number of carboxylic acids is 1. The van der Waals surface area contributed by atoms with Gasteiger partial charge >= 0.3 is 5.97 Å². The number of carbonyl (C=O) groups is 2. The predicted octanol–water partition coefficient (Wildman–Crippen LogP) is 1.25. The first kappa shape index (κ1) is 14.8. The lowest BCUT2D eigenvalue weighted by molar-refractivity contribution is -0.131. The van der Waals surface area contributed by atoms with E-state index >= 15 is 0 Å². The van der Waals surface area contributed by atoms with Gasteiger partial charge < -0.3 is 19.5 Å². The van der Waals surface area contributed by atoms with Gasteiger partial charge in [-0.25, -0.2) is 4.79 Å². The van der Waals surface area contributed by atoms with Crippen molar-refractivity contribution in [3.8, 4) is 11.5 Å². The average molecular weight is 267 g/mol. The summed E-state index contributed by atoms with van der Waals surface area (Å²) in [6.07, 6.45) is 0. The van der Waals surface area contributed by atoms with E-state index in [1.165, 1.54) is 30.2 Å². The second-order valence-electron chi connectivity index (χ2n) is 3.87. The van der Waals surface area contributed by atoms with Gasteiger partial charge in [0.05, 0.1) is 12.7 Å². The van der Waals surface area contributed by atoms with Gasteiger partial charge in [-0.3, -0.25) is 4.79 Å². The van der Waals surface area contributed by atoms with Crippen molar-refractivity contribution >= 4 is 11.9 Å². The van der Waals surface area contributed by atoms with Crippen LogP contribution >= 0.6 is 0 Å². The molecule has 0 saturated carbocycles. The van der Waals surface area contributed by atoms with E-state index in [-0.39, 0.29) is 23.8 Å². The van der Waals surface area contributed by atoms with Gasteiger partial charge in [0.1, 0.15) is 0 Å². The fraction of sp³-hybridized carbons (Fsp3) is 0.385. The van der Waals surface area contributed by atoms with E-state index in [0.29, 0.717) is 12.3 Å². The van der Waals surface area contributed by atoms with Crippen molar-refractivity contribution in [2.75, 3.05) is 27.3 Å². The number of ether oxygens (including phenoxy) is 2. The molecule has 0 atom stereocenters. The Bertz CT molecular complexity index is 472. The Morgan fingerprint density at radius 1 is 1.32 bits per heavy atom. The minimum atomic E-state index is -1.05. The summed E-state index contributed by atoms with van der Waals surface area (Å²) in [7, 11) is 3.09. The summed E-state index contributed by atoms with van der Waals surface area (Å²) in [6.45, 7) is 2.34. The number of hydrogen-bond acceptors (Lipinski definition) is 4. The van der Waals surface area contributed by atoms with Crippen LogP contribution in [0.25, 0.3) is 0 Å². The van der Waals surface area contributed by atoms with Crippen LogP contribution in [0.15, 0.2) is 18.2 Å². The number of aromatic carboxylic acids is 1. The molecular formula is C13H17NO5. The Morgan fingerprint density at radius 3 is 2.53 bits per heavy atom. The van der Waals surface area contributed by atoms with Crippen LogP contribution in [0.2, 0.25) is 0 Å². The van der Waals surface area contributed by atoms with Crippen molar-refractivity contribution in [3.63, 3.8) is 0 Å². The first-order valence-corrected chi connectivity index (χ1v) is 5.77. The van der Waals surface area contributed by atoms with Gasteiger partial charge in [-0.15, -0.1) is 0 Å². The molecule has 0 aliphatic heterocycles. The Labute approximate surface area is 111 Å². The summed E-state index contributed by atoms with van der Waals surface area (Å²) in [6, 6.07) is 4.22. The molecule has 0 radical (unpaired) electrons. The molecule has 1 N–H and O–H groups in total. The molecule has 1 aromatic carbocycles. The normalized spacial score (nSPS) is 9.84. The average Bonchev–Trinajstić information content (AvgIpc) is 2.43. The van der Waals surface area contributed by atoms with Gasteiger partial charge in [0.25, 0.3) is 5.91 Å². The summed E-state index contributed by atoms with van der Waals surface area (Å²) >= 11 is 0. The first-order chi connectivity index (χ1) is 8.99. The van der Waals surface area contributed by atoms with Gasteiger partial charge in [-0.1, -0.05) is 0 Å². The highest BCUT2D eigenvalue weighted by Gasteiger charge is 2.12. The fourth-order valence-electron chi connectivity index (χ4n) is 1.35. The Hall–Kier alpha value is -2.24. The summed E-state index contributed by atoms with van der Waals surface area (Å²) in [5.41, 5.74) is 0.0983. The van der Waals surface area contributed by atoms with E-state index in [4.69, 9.17) is 14.6 Å². The number of rotatable bonds is 6. The molecule has 0 fully saturated rings. The molecule has 1 aromatic rings. The topological polar surface area (TPSA) is 76.1 Å². The molecule has 0 bridgehead atoms. The predicted molar refractivity (Wildman–Crippen MR) is 68.8 cm³/mol. The van der Waals surface area contributed by atoms with Gasteiger partial charge in [0.15, 0.2) is 18.1 Å². The lowest BCUT2D eigenvalue weighted by Crippen LogP contribution is -2.31. The molecule has 0 aliphatic carbocycles. The van der Waals surface area contributed by atoms with Crippen molar-refractivity contribution in [2.45, 2.75) is 6.92 Å². The number of benzene rings is 1. The standard InChI is InChI=1S/C13H17NO5/c1-4-14(2)12(15)8-19-10-6-5-9(13(16)17)7-11(10)18-3/h5-7H,4,8H2,1-3H3,(H,16,17). The molecule has 0 unspecified atom stereocenters. The van der Waals surface area contributed by atoms with Gasteiger partial charge in [-0.2, -0.15) is 0 Å². The summed E-state index contributed by atoms with van der Waals surface area (Å²) in [4.78, 5) is 23.9. The summed E-state index contributed by atoms with van der Waals surface area (Å²) in [5.74, 6) is -0.587. The third kappa shape index (κ3) is 3.87. The zero-order chi connectivity index (χ0) is 14.4. The molecule has 1 amide bonds. The van der Waals surface area contributed by atoms with Gasteiger partial charge in [0.2, 0.25) is 0 Å². The van der Waals surface area contributed by atoms with Crippen molar-refractivity contribution in [3.05, 3.63) is 23.8 Å². The molecule has 0 spiro atoms. The Morgan fingerprint density at radius 2 is 2.00 bits per heavy atom. The number of amides is 1. The second kappa shape index (κ2) is 6.63. The smallest absolute Gasteiger partial charge is 0.335 e. The molecular weight excluding hydrogens is 250 g/mol. The number of hydrogen-bond donors (Lipinski definition) is 1. The van der Waals surface area contributed by atoms with Crippen LogP contribution in [0.1, 0.15) is 17.3 Å². The lowest BCUT2D eigenvalue weighted by Gasteiger charge is -2.16. The maximum Gasteiger partial charge on any atom is 0.335 e. The van der Waals surface area contributed by atoms with Crippen LogP contribution in [-0.2, 0) is 4.79 Å². The number of methoxy groups -OCH3 is 1. The molecule has 0 heterocycles. The van der Waals surface area contributed by atoms with E-state index in [1.54, 1.807) is 7.05 Å². The minimum absolute atomic E-state index is 0.0983. The summed E-state index contributed by atoms with van der Waals surface area (Å²) < 4.78 is 10.4. The van der Waals surface area contributed by atoms with Crippen LogP contribution in [0.5, 0.6) is 11.5 Å². The third-order valence-electron chi connectivity index (χ3n) is 2.66. The third-order valence-corrected chi connectivity index (χ3v) is 2.66. The SMILES string of the molecule is CCN(C)C(=O)COc1ccc(C(=O)O)cc1OC. The van der Waals surface area contributed by atoms with Gasteiger partial charge in [-0.05, 0) is 25.1 Å². The van der Waals surface area contributed by atoms with Crippen LogP contribution in [0.4, 0.5) is 0 Å². The Kier molecular flexibility index (Phi) is 5.17. The molecule has 19 heavy (non-hydrogen) atoms. The van der Waals surface area contributed by atoms with Crippen molar-refractivity contribution in [1.82, 2.24) is 4.90 Å². The zero-order valence-electron chi connectivity index (χ0n) is 11.2. The second-order valence-corrected chi connectivity index (χ2v) is 3.87. The largest absolute Gasteiger partial charge is 0.493 e. The highest BCUT2D eigenvalue weighted by atomic mass is 16.5. The molecule has 0 aromatic heterocycles. The van der Waals surface area contributed by atoms with E-state index in [2.05, 4.69) is 0 Å². The van der Waals surface area contributed by atoms with Crippen molar-refractivity contribution in [2.24, 2.45) is 0 Å². The minimum Gasteiger partial charge on any atom is -0.493 e. The molecule has 0 saturated heterocycles. The van der Waals surface area contributed by atoms with Crippen LogP contribution in [0, 0.1) is 0 Å². The van der Waals surface area contributed by atoms with E-state index in [9.17, 15) is 9.59 Å². The zero-order valence-corrected chi connectivity index (χ0v) is 11.2. The molecule has 0 aliphatic rings. The molecule has 6 heteroatoms. The quantitative estimate of drug-likeness (QED) is 0.839. The molecule has 104 valence electrons. The lowest BCUT2D eigenvalue weighted by atomic mass is 10.2. The fourth-order valence-corrected chi connectivity index (χ4v) is 1.35. The maximum absolute atomic E-state index is 11.6. The van der Waals surface area contributed by atoms with E-state index in [1.807, 2.05) is 6.92 Å². The Balaban J connectivity index is 2.78. The van der Waals surface area contributed by atoms with Crippen molar-refractivity contribution < 1.29 is 24.2 Å². The monoisotopic (exact) mass is 267 g/mol. The number of carbonyl (C=O) groups excluding carboxylic acids is 1. The summed E-state index contributed by atoms with van der Waals surface area (Å²) in [5, 5.41) is 8.86. The number of likely N-dealkylation sites (N-methyl/N-ethyl adjacent to an activating group) is 1. The van der Waals surface area contributed by atoms with E-state index < -0.39 is 5.97 Å². The van der Waals surface area contributed by atoms with Crippen LogP contribution < -0.4 is 9.47 Å². The number of nitrogens with zero attached hydrogens (tertiary/aromatic N) is 1. The maximum atomic E-state index is 11.6. The molecule has 6 nitrogen and oxygen atoms in total. The van der Waals surface area contributed by atoms with E-state index in [0.717, 1.165) is 0 Å². The number of carboxylic acid groups (broad SMARTS) is 1. The highest BCUT2D eigenvalue weighted by Crippen LogP contribution is 2.28. The first-order valence-electron chi connectivity index (χ1n) is 5.77. The van der Waals surface area contributed by atoms with Gasteiger partial charge in [0, 0.05) is 13.6 Å². The van der Waals surface area contributed by atoms with Crippen LogP contribution in [-0.4, -0.2) is 49.2 Å². The highest BCUT2D eigenvalue weighted by molar-refractivity contribution is 5.88. The molecule has 1 rings (SSSR count). The van der Waals surface area contributed by atoms with Crippen molar-refractivity contribution in [1.29, 1.82) is 0 Å².